The van der Waals surface area contributed by atoms with Gasteiger partial charge in [-0.2, -0.15) is 17.6 Å². The third-order valence-electron chi connectivity index (χ3n) is 6.37. The van der Waals surface area contributed by atoms with Crippen LogP contribution in [0.2, 0.25) is 0 Å². The van der Waals surface area contributed by atoms with Crippen molar-refractivity contribution in [2.45, 2.75) is 44.4 Å². The lowest BCUT2D eigenvalue weighted by molar-refractivity contribution is -0.136. The van der Waals surface area contributed by atoms with Crippen molar-refractivity contribution in [3.8, 4) is 11.1 Å². The van der Waals surface area contributed by atoms with Gasteiger partial charge in [0.15, 0.2) is 17.3 Å². The number of aliphatic imine (C=N–C) groups is 1. The molecule has 2 aromatic heterocycles. The van der Waals surface area contributed by atoms with E-state index in [1.165, 1.54) is 35.0 Å². The number of halogens is 4. The number of guanidine groups is 1. The maximum absolute atomic E-state index is 14.4. The Morgan fingerprint density at radius 3 is 2.51 bits per heavy atom. The molecule has 0 fully saturated rings. The lowest BCUT2D eigenvalue weighted by Gasteiger charge is -2.25. The van der Waals surface area contributed by atoms with Gasteiger partial charge in [-0.15, -0.1) is 0 Å². The summed E-state index contributed by atoms with van der Waals surface area (Å²) in [5.41, 5.74) is 5.77. The standard InChI is InChI=1S/C26H25F4N5O2/c1-3-21(36)20-14-18(15-35(20)12-6-10-25(28,29)30)26(23(37)34(2)24(31)33-26)17-8-4-7-16(13-17)19-9-5-11-32-22(19)27/h4-5,7-9,11,13-15H,3,6,10,12H2,1-2H3,(H2,31,33)/t26-/m1/s1. The van der Waals surface area contributed by atoms with Crippen LogP contribution in [0.5, 0.6) is 0 Å². The Morgan fingerprint density at radius 1 is 1.14 bits per heavy atom. The zero-order valence-corrected chi connectivity index (χ0v) is 20.2. The number of amides is 1. The Balaban J connectivity index is 1.87. The zero-order chi connectivity index (χ0) is 27.0. The fourth-order valence-corrected chi connectivity index (χ4v) is 4.46. The molecule has 194 valence electrons. The molecular weight excluding hydrogens is 490 g/mol. The number of nitrogens with zero attached hydrogens (tertiary/aromatic N) is 4. The third kappa shape index (κ3) is 4.85. The van der Waals surface area contributed by atoms with Gasteiger partial charge in [-0.3, -0.25) is 14.5 Å². The summed E-state index contributed by atoms with van der Waals surface area (Å²) in [5, 5.41) is 0. The molecule has 1 aromatic carbocycles. The molecule has 0 saturated carbocycles. The van der Waals surface area contributed by atoms with E-state index in [1.807, 2.05) is 0 Å². The van der Waals surface area contributed by atoms with E-state index in [0.717, 1.165) is 0 Å². The fourth-order valence-electron chi connectivity index (χ4n) is 4.46. The van der Waals surface area contributed by atoms with Gasteiger partial charge < -0.3 is 10.3 Å². The van der Waals surface area contributed by atoms with E-state index in [1.54, 1.807) is 43.3 Å². The number of aromatic nitrogens is 2. The third-order valence-corrected chi connectivity index (χ3v) is 6.37. The molecule has 4 rings (SSSR count). The number of nitrogens with two attached hydrogens (primary N) is 1. The highest BCUT2D eigenvalue weighted by atomic mass is 19.4. The summed E-state index contributed by atoms with van der Waals surface area (Å²) in [6.45, 7) is 1.56. The average Bonchev–Trinajstić information content (AvgIpc) is 3.38. The molecule has 3 heterocycles. The second-order valence-corrected chi connectivity index (χ2v) is 8.77. The number of hydrogen-bond donors (Lipinski definition) is 1. The largest absolute Gasteiger partial charge is 0.389 e. The number of rotatable bonds is 8. The van der Waals surface area contributed by atoms with Crippen molar-refractivity contribution in [3.63, 3.8) is 0 Å². The summed E-state index contributed by atoms with van der Waals surface area (Å²) < 4.78 is 54.2. The molecule has 1 aliphatic heterocycles. The van der Waals surface area contributed by atoms with Crippen LogP contribution in [0.1, 0.15) is 47.8 Å². The van der Waals surface area contributed by atoms with Crippen molar-refractivity contribution in [3.05, 3.63) is 77.6 Å². The van der Waals surface area contributed by atoms with Gasteiger partial charge in [0.2, 0.25) is 5.95 Å². The summed E-state index contributed by atoms with van der Waals surface area (Å²) in [7, 11) is 1.45. The number of benzene rings is 1. The number of carbonyl (C=O) groups is 2. The van der Waals surface area contributed by atoms with Crippen molar-refractivity contribution in [2.24, 2.45) is 10.7 Å². The first-order valence-corrected chi connectivity index (χ1v) is 11.6. The number of ketones is 1. The molecule has 0 saturated heterocycles. The molecule has 11 heteroatoms. The highest BCUT2D eigenvalue weighted by Crippen LogP contribution is 2.41. The minimum Gasteiger partial charge on any atom is -0.369 e. The molecule has 0 aliphatic carbocycles. The SMILES string of the molecule is CCC(=O)c1cc([C@@]2(c3cccc(-c4cccnc4F)c3)N=C(N)N(C)C2=O)cn1CCCC(F)(F)F. The van der Waals surface area contributed by atoms with Gasteiger partial charge in [-0.05, 0) is 41.8 Å². The molecule has 2 N–H and O–H groups in total. The Hall–Kier alpha value is -4.02. The maximum Gasteiger partial charge on any atom is 0.389 e. The van der Waals surface area contributed by atoms with E-state index in [0.29, 0.717) is 11.1 Å². The summed E-state index contributed by atoms with van der Waals surface area (Å²) in [4.78, 5) is 35.7. The van der Waals surface area contributed by atoms with E-state index in [4.69, 9.17) is 5.73 Å². The Kier molecular flexibility index (Phi) is 6.90. The molecule has 1 atom stereocenters. The lowest BCUT2D eigenvalue weighted by Crippen LogP contribution is -2.41. The number of aryl methyl sites for hydroxylation is 1. The second-order valence-electron chi connectivity index (χ2n) is 8.77. The van der Waals surface area contributed by atoms with Crippen molar-refractivity contribution in [1.29, 1.82) is 0 Å². The molecule has 0 unspecified atom stereocenters. The van der Waals surface area contributed by atoms with E-state index in [9.17, 15) is 27.2 Å². The molecular formula is C26H25F4N5O2. The van der Waals surface area contributed by atoms with Gasteiger partial charge in [-0.25, -0.2) is 9.98 Å². The van der Waals surface area contributed by atoms with Crippen LogP contribution in [-0.2, 0) is 16.9 Å². The van der Waals surface area contributed by atoms with Crippen LogP contribution in [0.4, 0.5) is 17.6 Å². The number of pyridine rings is 1. The molecule has 1 amide bonds. The molecule has 0 radical (unpaired) electrons. The van der Waals surface area contributed by atoms with Gasteiger partial charge in [-0.1, -0.05) is 25.1 Å². The average molecular weight is 516 g/mol. The maximum atomic E-state index is 14.4. The van der Waals surface area contributed by atoms with Gasteiger partial charge in [0.05, 0.1) is 5.69 Å². The first-order valence-electron chi connectivity index (χ1n) is 11.6. The molecule has 0 bridgehead atoms. The van der Waals surface area contributed by atoms with Crippen LogP contribution in [0.15, 0.2) is 59.9 Å². The predicted octanol–water partition coefficient (Wildman–Crippen LogP) is 4.65. The first kappa shape index (κ1) is 26.1. The fraction of sp³-hybridized carbons (Fsp3) is 0.308. The van der Waals surface area contributed by atoms with Crippen molar-refractivity contribution >= 4 is 17.6 Å². The van der Waals surface area contributed by atoms with Crippen LogP contribution in [0, 0.1) is 5.95 Å². The van der Waals surface area contributed by atoms with E-state index in [2.05, 4.69) is 9.98 Å². The quantitative estimate of drug-likeness (QED) is 0.268. The number of carbonyl (C=O) groups excluding carboxylic acids is 2. The lowest BCUT2D eigenvalue weighted by atomic mass is 9.83. The Bertz CT molecular complexity index is 1380. The molecule has 3 aromatic rings. The smallest absolute Gasteiger partial charge is 0.369 e. The van der Waals surface area contributed by atoms with Crippen molar-refractivity contribution < 1.29 is 27.2 Å². The van der Waals surface area contributed by atoms with Gasteiger partial charge in [0.25, 0.3) is 5.91 Å². The molecule has 7 nitrogen and oxygen atoms in total. The number of Topliss-reactive ketones (excluding diaryl/α,β-unsaturated/α-hetero) is 1. The second kappa shape index (κ2) is 9.79. The van der Waals surface area contributed by atoms with E-state index in [-0.39, 0.29) is 48.0 Å². The summed E-state index contributed by atoms with van der Waals surface area (Å²) in [6.07, 6.45) is -2.69. The van der Waals surface area contributed by atoms with Crippen LogP contribution < -0.4 is 5.73 Å². The van der Waals surface area contributed by atoms with E-state index >= 15 is 0 Å². The van der Waals surface area contributed by atoms with E-state index < -0.39 is 30.0 Å². The summed E-state index contributed by atoms with van der Waals surface area (Å²) >= 11 is 0. The molecule has 0 spiro atoms. The number of alkyl halides is 3. The van der Waals surface area contributed by atoms with Gasteiger partial charge >= 0.3 is 6.18 Å². The van der Waals surface area contributed by atoms with Crippen molar-refractivity contribution in [2.75, 3.05) is 7.05 Å². The van der Waals surface area contributed by atoms with Crippen LogP contribution >= 0.6 is 0 Å². The van der Waals surface area contributed by atoms with Crippen LogP contribution in [0.25, 0.3) is 11.1 Å². The normalized spacial score (nSPS) is 17.8. The number of hydrogen-bond acceptors (Lipinski definition) is 5. The predicted molar refractivity (Wildman–Crippen MR) is 129 cm³/mol. The highest BCUT2D eigenvalue weighted by molar-refractivity contribution is 6.09. The topological polar surface area (TPSA) is 93.6 Å². The van der Waals surface area contributed by atoms with Gasteiger partial charge in [0, 0.05) is 50.0 Å². The molecule has 37 heavy (non-hydrogen) atoms. The van der Waals surface area contributed by atoms with Crippen LogP contribution in [-0.4, -0.2) is 45.3 Å². The highest BCUT2D eigenvalue weighted by Gasteiger charge is 2.50. The van der Waals surface area contributed by atoms with Crippen LogP contribution in [0.3, 0.4) is 0 Å². The first-order chi connectivity index (χ1) is 17.5. The molecule has 1 aliphatic rings. The number of likely N-dealkylation sites (N-methyl/N-ethyl adjacent to an activating group) is 1. The monoisotopic (exact) mass is 515 g/mol. The zero-order valence-electron chi connectivity index (χ0n) is 20.2. The minimum atomic E-state index is -4.34. The summed E-state index contributed by atoms with van der Waals surface area (Å²) in [5.74, 6) is -1.58. The summed E-state index contributed by atoms with van der Waals surface area (Å²) in [6, 6.07) is 11.1. The minimum absolute atomic E-state index is 0.0730. The Labute approximate surface area is 210 Å². The van der Waals surface area contributed by atoms with Crippen molar-refractivity contribution in [1.82, 2.24) is 14.5 Å². The Morgan fingerprint density at radius 2 is 1.89 bits per heavy atom. The van der Waals surface area contributed by atoms with Gasteiger partial charge in [0.1, 0.15) is 0 Å².